The summed E-state index contributed by atoms with van der Waals surface area (Å²) in [5, 5.41) is 18.6. The van der Waals surface area contributed by atoms with Gasteiger partial charge in [0.05, 0.1) is 46.9 Å². The molecule has 1 amide bonds. The molecule has 5 rings (SSSR count). The number of aliphatic imine (C=N–C) groups is 1. The van der Waals surface area contributed by atoms with Crippen LogP contribution in [-0.4, -0.2) is 62.1 Å². The number of carbonyl (C=O) groups is 1. The first kappa shape index (κ1) is 30.1. The Balaban J connectivity index is 1.35. The van der Waals surface area contributed by atoms with Crippen LogP contribution in [0.1, 0.15) is 42.5 Å². The first-order chi connectivity index (χ1) is 19.7. The van der Waals surface area contributed by atoms with Crippen LogP contribution in [-0.2, 0) is 23.7 Å². The minimum absolute atomic E-state index is 0.0688. The van der Waals surface area contributed by atoms with Crippen molar-refractivity contribution >= 4 is 39.8 Å². The van der Waals surface area contributed by atoms with Crippen LogP contribution >= 0.6 is 11.8 Å². The summed E-state index contributed by atoms with van der Waals surface area (Å²) >= 11 is 1.21. The fourth-order valence-corrected chi connectivity index (χ4v) is 6.22. The molecule has 0 radical (unpaired) electrons. The lowest BCUT2D eigenvalue weighted by Crippen LogP contribution is -2.38. The number of aromatic nitrogens is 2. The monoisotopic (exact) mass is 611 g/mol. The standard InChI is InChI=1S/C28H27F6N5O2S/c1-15(2)36-20-10-21(14-40)38(13-20)26-37-25(41)24(42-26)8-16-3-6-23-18(7-16)11-35-39(23)12-17-4-5-19(27(29,30)31)9-22(17)28(32,33)34/h3-9,11,15,20-21,36,40H,10,12-14H2,1-2H3/b24-8-/t20-,21-/m1/s1. The van der Waals surface area contributed by atoms with Gasteiger partial charge in [-0.25, -0.2) is 0 Å². The third-order valence-electron chi connectivity index (χ3n) is 7.08. The van der Waals surface area contributed by atoms with Crippen LogP contribution in [0.3, 0.4) is 0 Å². The fraction of sp³-hybridized carbons (Fsp3) is 0.393. The molecule has 0 saturated carbocycles. The van der Waals surface area contributed by atoms with Crippen LogP contribution in [0.5, 0.6) is 0 Å². The van der Waals surface area contributed by atoms with E-state index in [1.165, 1.54) is 22.6 Å². The van der Waals surface area contributed by atoms with Crippen molar-refractivity contribution in [1.29, 1.82) is 0 Å². The zero-order valence-electron chi connectivity index (χ0n) is 22.5. The summed E-state index contributed by atoms with van der Waals surface area (Å²) in [6.45, 7) is 4.23. The number of thioether (sulfide) groups is 1. The van der Waals surface area contributed by atoms with Gasteiger partial charge in [0.15, 0.2) is 5.17 Å². The molecule has 2 N–H and O–H groups in total. The first-order valence-corrected chi connectivity index (χ1v) is 13.9. The van der Waals surface area contributed by atoms with Gasteiger partial charge in [0.1, 0.15) is 0 Å². The lowest BCUT2D eigenvalue weighted by atomic mass is 10.0. The van der Waals surface area contributed by atoms with Crippen molar-refractivity contribution in [3.05, 3.63) is 69.8 Å². The summed E-state index contributed by atoms with van der Waals surface area (Å²) in [4.78, 5) is 19.2. The molecular formula is C28H27F6N5O2S. The summed E-state index contributed by atoms with van der Waals surface area (Å²) < 4.78 is 81.2. The van der Waals surface area contributed by atoms with Crippen molar-refractivity contribution in [3.8, 4) is 0 Å². The minimum atomic E-state index is -4.98. The van der Waals surface area contributed by atoms with Gasteiger partial charge < -0.3 is 15.3 Å². The number of amidine groups is 1. The summed E-state index contributed by atoms with van der Waals surface area (Å²) in [5.41, 5.74) is -1.99. The fourth-order valence-electron chi connectivity index (χ4n) is 5.23. The Morgan fingerprint density at radius 2 is 1.88 bits per heavy atom. The molecule has 3 heterocycles. The zero-order valence-corrected chi connectivity index (χ0v) is 23.3. The van der Waals surface area contributed by atoms with E-state index in [9.17, 15) is 36.2 Å². The number of hydrogen-bond acceptors (Lipinski definition) is 6. The number of rotatable bonds is 6. The summed E-state index contributed by atoms with van der Waals surface area (Å²) in [7, 11) is 0. The van der Waals surface area contributed by atoms with Gasteiger partial charge in [-0.3, -0.25) is 9.48 Å². The van der Waals surface area contributed by atoms with E-state index in [0.717, 1.165) is 12.5 Å². The van der Waals surface area contributed by atoms with Gasteiger partial charge in [-0.15, -0.1) is 0 Å². The number of nitrogens with zero attached hydrogens (tertiary/aromatic N) is 4. The third-order valence-corrected chi connectivity index (χ3v) is 8.10. The van der Waals surface area contributed by atoms with E-state index in [1.807, 2.05) is 18.7 Å². The molecule has 2 aliphatic heterocycles. The first-order valence-electron chi connectivity index (χ1n) is 13.1. The van der Waals surface area contributed by atoms with Gasteiger partial charge in [0, 0.05) is 24.0 Å². The highest BCUT2D eigenvalue weighted by Crippen LogP contribution is 2.38. The molecule has 0 spiro atoms. The van der Waals surface area contributed by atoms with Crippen LogP contribution in [0.4, 0.5) is 26.3 Å². The second kappa shape index (κ2) is 11.4. The van der Waals surface area contributed by atoms with Crippen LogP contribution < -0.4 is 5.32 Å². The maximum Gasteiger partial charge on any atom is 0.416 e. The van der Waals surface area contributed by atoms with E-state index in [0.29, 0.717) is 39.2 Å². The van der Waals surface area contributed by atoms with Crippen molar-refractivity contribution < 1.29 is 36.2 Å². The lowest BCUT2D eigenvalue weighted by molar-refractivity contribution is -0.143. The Bertz CT molecular complexity index is 1560. The molecule has 3 aromatic rings. The van der Waals surface area contributed by atoms with E-state index >= 15 is 0 Å². The van der Waals surface area contributed by atoms with Crippen LogP contribution in [0, 0.1) is 0 Å². The van der Waals surface area contributed by atoms with E-state index in [1.54, 1.807) is 24.3 Å². The third kappa shape index (κ3) is 6.35. The largest absolute Gasteiger partial charge is 0.416 e. The van der Waals surface area contributed by atoms with Crippen LogP contribution in [0.2, 0.25) is 0 Å². The number of hydrogen-bond donors (Lipinski definition) is 2. The molecule has 2 aromatic carbocycles. The van der Waals surface area contributed by atoms with Crippen molar-refractivity contribution in [1.82, 2.24) is 20.0 Å². The maximum absolute atomic E-state index is 13.6. The topological polar surface area (TPSA) is 82.8 Å². The quantitative estimate of drug-likeness (QED) is 0.282. The number of carbonyl (C=O) groups excluding carboxylic acids is 1. The number of aliphatic hydroxyl groups is 1. The number of aliphatic hydroxyl groups excluding tert-OH is 1. The number of fused-ring (bicyclic) bond motifs is 1. The second-order valence-electron chi connectivity index (χ2n) is 10.5. The van der Waals surface area contributed by atoms with Crippen molar-refractivity contribution in [3.63, 3.8) is 0 Å². The SMILES string of the molecule is CC(C)N[C@@H]1C[C@H](CO)N(C2=NC(=O)/C(=C/c3ccc4c(cnn4Cc4ccc(C(F)(F)F)cc4C(F)(F)F)c3)S2)C1. The van der Waals surface area contributed by atoms with Gasteiger partial charge in [0.25, 0.3) is 5.91 Å². The highest BCUT2D eigenvalue weighted by Gasteiger charge is 2.39. The van der Waals surface area contributed by atoms with Crippen LogP contribution in [0.15, 0.2) is 52.5 Å². The van der Waals surface area contributed by atoms with Gasteiger partial charge in [-0.2, -0.15) is 36.4 Å². The number of halogens is 6. The molecule has 0 unspecified atom stereocenters. The Labute approximate surface area is 241 Å². The van der Waals surface area contributed by atoms with Crippen molar-refractivity contribution in [2.45, 2.75) is 57.3 Å². The zero-order chi connectivity index (χ0) is 30.4. The molecule has 224 valence electrons. The number of benzene rings is 2. The number of alkyl halides is 6. The van der Waals surface area contributed by atoms with Gasteiger partial charge >= 0.3 is 12.4 Å². The molecule has 7 nitrogen and oxygen atoms in total. The molecule has 2 atom stereocenters. The molecule has 42 heavy (non-hydrogen) atoms. The molecule has 14 heteroatoms. The highest BCUT2D eigenvalue weighted by atomic mass is 32.2. The van der Waals surface area contributed by atoms with Gasteiger partial charge in [-0.05, 0) is 59.7 Å². The molecule has 0 aliphatic carbocycles. The van der Waals surface area contributed by atoms with Gasteiger partial charge in [-0.1, -0.05) is 26.0 Å². The second-order valence-corrected chi connectivity index (χ2v) is 11.5. The molecule has 1 fully saturated rings. The van der Waals surface area contributed by atoms with E-state index < -0.39 is 35.9 Å². The van der Waals surface area contributed by atoms with Crippen molar-refractivity contribution in [2.24, 2.45) is 4.99 Å². The van der Waals surface area contributed by atoms with Crippen molar-refractivity contribution in [2.75, 3.05) is 13.2 Å². The molecular weight excluding hydrogens is 584 g/mol. The molecule has 1 saturated heterocycles. The Kier molecular flexibility index (Phi) is 8.16. The lowest BCUT2D eigenvalue weighted by Gasteiger charge is -2.23. The van der Waals surface area contributed by atoms with E-state index in [2.05, 4.69) is 15.4 Å². The average molecular weight is 612 g/mol. The highest BCUT2D eigenvalue weighted by molar-refractivity contribution is 8.18. The predicted molar refractivity (Wildman–Crippen MR) is 148 cm³/mol. The minimum Gasteiger partial charge on any atom is -0.394 e. The molecule has 0 bridgehead atoms. The number of nitrogens with one attached hydrogen (secondary N) is 1. The summed E-state index contributed by atoms with van der Waals surface area (Å²) in [5.74, 6) is -0.412. The Morgan fingerprint density at radius 3 is 2.55 bits per heavy atom. The van der Waals surface area contributed by atoms with E-state index in [-0.39, 0.29) is 36.4 Å². The number of likely N-dealkylation sites (tertiary alicyclic amines) is 1. The predicted octanol–water partition coefficient (Wildman–Crippen LogP) is 5.53. The van der Waals surface area contributed by atoms with Gasteiger partial charge in [0.2, 0.25) is 0 Å². The summed E-state index contributed by atoms with van der Waals surface area (Å²) in [6, 6.07) is 6.83. The maximum atomic E-state index is 13.6. The molecule has 2 aliphatic rings. The normalized spacial score (nSPS) is 20.9. The Hall–Kier alpha value is -3.36. The van der Waals surface area contributed by atoms with Crippen LogP contribution in [0.25, 0.3) is 17.0 Å². The molecule has 1 aromatic heterocycles. The van der Waals surface area contributed by atoms with E-state index in [4.69, 9.17) is 0 Å². The summed E-state index contributed by atoms with van der Waals surface area (Å²) in [6.07, 6.45) is -6.07. The smallest absolute Gasteiger partial charge is 0.394 e. The number of amides is 1. The Morgan fingerprint density at radius 1 is 1.12 bits per heavy atom. The average Bonchev–Trinajstić information content (AvgIpc) is 3.59.